The van der Waals surface area contributed by atoms with Crippen molar-refractivity contribution in [3.8, 4) is 0 Å². The number of aliphatic carboxylic acids is 1. The second-order valence-corrected chi connectivity index (χ2v) is 6.10. The van der Waals surface area contributed by atoms with Crippen molar-refractivity contribution < 1.29 is 9.90 Å². The van der Waals surface area contributed by atoms with Gasteiger partial charge in [-0.3, -0.25) is 0 Å². The molecule has 0 aliphatic heterocycles. The Labute approximate surface area is 129 Å². The van der Waals surface area contributed by atoms with Gasteiger partial charge in [-0.05, 0) is 36.6 Å². The molecule has 20 heavy (non-hydrogen) atoms. The maximum absolute atomic E-state index is 11.3. The van der Waals surface area contributed by atoms with Crippen molar-refractivity contribution in [1.29, 1.82) is 0 Å². The number of rotatable bonds is 6. The molecule has 0 fully saturated rings. The van der Waals surface area contributed by atoms with Gasteiger partial charge in [-0.1, -0.05) is 15.9 Å². The Balaban J connectivity index is 2.31. The molecule has 0 spiro atoms. The highest BCUT2D eigenvalue weighted by Gasteiger charge is 2.18. The fourth-order valence-corrected chi connectivity index (χ4v) is 2.63. The SMILES string of the molecule is CSCC[C@@H](Nc1ncnc2ccc(Br)cc12)C(=O)O. The van der Waals surface area contributed by atoms with Crippen LogP contribution in [0.15, 0.2) is 29.0 Å². The summed E-state index contributed by atoms with van der Waals surface area (Å²) in [6.07, 6.45) is 3.93. The topological polar surface area (TPSA) is 75.1 Å². The zero-order chi connectivity index (χ0) is 14.5. The van der Waals surface area contributed by atoms with Gasteiger partial charge in [0.25, 0.3) is 0 Å². The highest BCUT2D eigenvalue weighted by molar-refractivity contribution is 9.10. The summed E-state index contributed by atoms with van der Waals surface area (Å²) in [4.78, 5) is 19.6. The van der Waals surface area contributed by atoms with E-state index in [4.69, 9.17) is 0 Å². The Hall–Kier alpha value is -1.34. The number of carboxylic acid groups (broad SMARTS) is 1. The van der Waals surface area contributed by atoms with Crippen LogP contribution in [-0.2, 0) is 4.79 Å². The predicted octanol–water partition coefficient (Wildman–Crippen LogP) is 3.01. The van der Waals surface area contributed by atoms with Gasteiger partial charge in [0.1, 0.15) is 18.2 Å². The highest BCUT2D eigenvalue weighted by Crippen LogP contribution is 2.24. The van der Waals surface area contributed by atoms with Gasteiger partial charge in [-0.2, -0.15) is 11.8 Å². The molecule has 0 amide bonds. The van der Waals surface area contributed by atoms with Gasteiger partial charge in [0.05, 0.1) is 5.52 Å². The van der Waals surface area contributed by atoms with Crippen LogP contribution < -0.4 is 5.32 Å². The van der Waals surface area contributed by atoms with Gasteiger partial charge in [0.15, 0.2) is 0 Å². The van der Waals surface area contributed by atoms with Crippen molar-refractivity contribution in [2.24, 2.45) is 0 Å². The summed E-state index contributed by atoms with van der Waals surface area (Å²) in [5.41, 5.74) is 0.778. The number of nitrogens with zero attached hydrogens (tertiary/aromatic N) is 2. The monoisotopic (exact) mass is 355 g/mol. The van der Waals surface area contributed by atoms with E-state index < -0.39 is 12.0 Å². The van der Waals surface area contributed by atoms with Crippen molar-refractivity contribution in [2.45, 2.75) is 12.5 Å². The molecule has 1 heterocycles. The number of anilines is 1. The number of nitrogens with one attached hydrogen (secondary N) is 1. The molecule has 1 aromatic heterocycles. The molecule has 1 aromatic carbocycles. The third-order valence-corrected chi connectivity index (χ3v) is 3.95. The molecule has 0 radical (unpaired) electrons. The normalized spacial score (nSPS) is 12.3. The van der Waals surface area contributed by atoms with Crippen LogP contribution in [0.4, 0.5) is 5.82 Å². The summed E-state index contributed by atoms with van der Waals surface area (Å²) in [6.45, 7) is 0. The van der Waals surface area contributed by atoms with Crippen LogP contribution in [0.2, 0.25) is 0 Å². The lowest BCUT2D eigenvalue weighted by atomic mass is 10.2. The van der Waals surface area contributed by atoms with E-state index in [1.165, 1.54) is 6.33 Å². The summed E-state index contributed by atoms with van der Waals surface area (Å²) in [7, 11) is 0. The first-order valence-corrected chi connectivity index (χ1v) is 8.19. The minimum absolute atomic E-state index is 0.538. The molecule has 0 saturated heterocycles. The average Bonchev–Trinajstić information content (AvgIpc) is 2.43. The molecule has 2 rings (SSSR count). The number of aromatic nitrogens is 2. The van der Waals surface area contributed by atoms with Gasteiger partial charge in [-0.25, -0.2) is 14.8 Å². The maximum Gasteiger partial charge on any atom is 0.326 e. The van der Waals surface area contributed by atoms with E-state index in [-0.39, 0.29) is 0 Å². The largest absolute Gasteiger partial charge is 0.480 e. The van der Waals surface area contributed by atoms with E-state index in [1.807, 2.05) is 24.5 Å². The Bertz CT molecular complexity index is 624. The van der Waals surface area contributed by atoms with E-state index in [2.05, 4.69) is 31.2 Å². The fourth-order valence-electron chi connectivity index (χ4n) is 1.80. The van der Waals surface area contributed by atoms with Crippen LogP contribution in [0, 0.1) is 0 Å². The van der Waals surface area contributed by atoms with Crippen molar-refractivity contribution in [1.82, 2.24) is 9.97 Å². The Morgan fingerprint density at radius 1 is 1.50 bits per heavy atom. The third-order valence-electron chi connectivity index (χ3n) is 2.82. The molecular formula is C13H14BrN3O2S. The lowest BCUT2D eigenvalue weighted by Gasteiger charge is -2.15. The van der Waals surface area contributed by atoms with Gasteiger partial charge < -0.3 is 10.4 Å². The van der Waals surface area contributed by atoms with Crippen LogP contribution in [0.3, 0.4) is 0 Å². The molecule has 0 aliphatic rings. The van der Waals surface area contributed by atoms with Gasteiger partial charge >= 0.3 is 5.97 Å². The summed E-state index contributed by atoms with van der Waals surface area (Å²) in [6, 6.07) is 4.98. The van der Waals surface area contributed by atoms with Crippen LogP contribution in [0.25, 0.3) is 10.9 Å². The number of hydrogen-bond acceptors (Lipinski definition) is 5. The Morgan fingerprint density at radius 2 is 2.30 bits per heavy atom. The summed E-state index contributed by atoms with van der Waals surface area (Å²) >= 11 is 5.02. The zero-order valence-corrected chi connectivity index (χ0v) is 13.2. The number of carbonyl (C=O) groups is 1. The van der Waals surface area contributed by atoms with Gasteiger partial charge in [-0.15, -0.1) is 0 Å². The molecule has 0 saturated carbocycles. The quantitative estimate of drug-likeness (QED) is 0.829. The number of carboxylic acids is 1. The van der Waals surface area contributed by atoms with Crippen LogP contribution >= 0.6 is 27.7 Å². The lowest BCUT2D eigenvalue weighted by Crippen LogP contribution is -2.30. The number of benzene rings is 1. The van der Waals surface area contributed by atoms with Crippen LogP contribution in [0.5, 0.6) is 0 Å². The smallest absolute Gasteiger partial charge is 0.326 e. The lowest BCUT2D eigenvalue weighted by molar-refractivity contribution is -0.137. The van der Waals surface area contributed by atoms with Crippen molar-refractivity contribution >= 4 is 50.4 Å². The molecule has 5 nitrogen and oxygen atoms in total. The second-order valence-electron chi connectivity index (χ2n) is 4.20. The van der Waals surface area contributed by atoms with E-state index in [0.717, 1.165) is 21.1 Å². The summed E-state index contributed by atoms with van der Waals surface area (Å²) in [5.74, 6) is 0.446. The van der Waals surface area contributed by atoms with Crippen LogP contribution in [-0.4, -0.2) is 39.1 Å². The average molecular weight is 356 g/mol. The standard InChI is InChI=1S/C13H14BrN3O2S/c1-20-5-4-11(13(18)19)17-12-9-6-8(14)2-3-10(9)15-7-16-12/h2-3,6-7,11H,4-5H2,1H3,(H,18,19)(H,15,16,17)/t11-/m1/s1. The first-order valence-electron chi connectivity index (χ1n) is 6.00. The molecule has 0 unspecified atom stereocenters. The highest BCUT2D eigenvalue weighted by atomic mass is 79.9. The Kier molecular flexibility index (Phi) is 5.19. The van der Waals surface area contributed by atoms with Crippen molar-refractivity contribution in [3.05, 3.63) is 29.0 Å². The minimum Gasteiger partial charge on any atom is -0.480 e. The van der Waals surface area contributed by atoms with E-state index in [9.17, 15) is 9.90 Å². The van der Waals surface area contributed by atoms with Gasteiger partial charge in [0.2, 0.25) is 0 Å². The molecule has 7 heteroatoms. The number of halogens is 1. The third kappa shape index (κ3) is 3.61. The Morgan fingerprint density at radius 3 is 3.00 bits per heavy atom. The number of thioether (sulfide) groups is 1. The predicted molar refractivity (Wildman–Crippen MR) is 85.3 cm³/mol. The second kappa shape index (κ2) is 6.90. The number of fused-ring (bicyclic) bond motifs is 1. The van der Waals surface area contributed by atoms with E-state index in [1.54, 1.807) is 11.8 Å². The number of hydrogen-bond donors (Lipinski definition) is 2. The molecular weight excluding hydrogens is 342 g/mol. The molecule has 0 aliphatic carbocycles. The fraction of sp³-hybridized carbons (Fsp3) is 0.308. The molecule has 0 bridgehead atoms. The first kappa shape index (κ1) is 15.1. The molecule has 2 aromatic rings. The van der Waals surface area contributed by atoms with Gasteiger partial charge in [0, 0.05) is 9.86 Å². The molecule has 106 valence electrons. The van der Waals surface area contributed by atoms with E-state index in [0.29, 0.717) is 12.2 Å². The summed E-state index contributed by atoms with van der Waals surface area (Å²) in [5, 5.41) is 13.1. The van der Waals surface area contributed by atoms with Crippen LogP contribution in [0.1, 0.15) is 6.42 Å². The first-order chi connectivity index (χ1) is 9.61. The van der Waals surface area contributed by atoms with E-state index >= 15 is 0 Å². The zero-order valence-electron chi connectivity index (χ0n) is 10.8. The minimum atomic E-state index is -0.874. The van der Waals surface area contributed by atoms with Crippen molar-refractivity contribution in [3.63, 3.8) is 0 Å². The molecule has 1 atom stereocenters. The maximum atomic E-state index is 11.3. The summed E-state index contributed by atoms with van der Waals surface area (Å²) < 4.78 is 0.902. The molecule has 2 N–H and O–H groups in total. The van der Waals surface area contributed by atoms with Crippen molar-refractivity contribution in [2.75, 3.05) is 17.3 Å².